The lowest BCUT2D eigenvalue weighted by atomic mass is 10.1. The van der Waals surface area contributed by atoms with Crippen molar-refractivity contribution in [2.75, 3.05) is 7.11 Å². The minimum absolute atomic E-state index is 0.124. The summed E-state index contributed by atoms with van der Waals surface area (Å²) in [4.78, 5) is 25.5. The van der Waals surface area contributed by atoms with Crippen LogP contribution in [0.4, 0.5) is 9.18 Å². The van der Waals surface area contributed by atoms with Crippen LogP contribution in [0.5, 0.6) is 5.75 Å². The first-order chi connectivity index (χ1) is 12.0. The Morgan fingerprint density at radius 3 is 2.68 bits per heavy atom. The van der Waals surface area contributed by atoms with Gasteiger partial charge in [-0.25, -0.2) is 9.18 Å². The Labute approximate surface area is 152 Å². The lowest BCUT2D eigenvalue weighted by Crippen LogP contribution is -2.30. The lowest BCUT2D eigenvalue weighted by molar-refractivity contribution is -0.123. The molecule has 5 nitrogen and oxygen atoms in total. The van der Waals surface area contributed by atoms with Crippen LogP contribution in [0.2, 0.25) is 0 Å². The number of methoxy groups -OCH3 is 1. The highest BCUT2D eigenvalue weighted by Gasteiger charge is 2.33. The molecule has 0 radical (unpaired) electrons. The van der Waals surface area contributed by atoms with Crippen molar-refractivity contribution in [3.63, 3.8) is 0 Å². The number of benzene rings is 2. The van der Waals surface area contributed by atoms with Gasteiger partial charge in [-0.05, 0) is 45.8 Å². The zero-order valence-corrected chi connectivity index (χ0v) is 14.8. The SMILES string of the molecule is COc1ccc(/C=C2\NC(=O)N(Cc3ccccc3F)C2=O)cc1Br. The molecule has 2 aromatic carbocycles. The molecular formula is C18H14BrFN2O3. The molecule has 0 atom stereocenters. The number of carbonyl (C=O) groups excluding carboxylic acids is 2. The van der Waals surface area contributed by atoms with E-state index in [4.69, 9.17) is 4.74 Å². The van der Waals surface area contributed by atoms with E-state index in [1.807, 2.05) is 0 Å². The van der Waals surface area contributed by atoms with Crippen molar-refractivity contribution < 1.29 is 18.7 Å². The zero-order valence-electron chi connectivity index (χ0n) is 13.3. The van der Waals surface area contributed by atoms with Crippen LogP contribution in [0.15, 0.2) is 52.6 Å². The van der Waals surface area contributed by atoms with Gasteiger partial charge >= 0.3 is 6.03 Å². The van der Waals surface area contributed by atoms with Crippen LogP contribution in [0, 0.1) is 5.82 Å². The predicted octanol–water partition coefficient (Wildman–Crippen LogP) is 3.69. The number of hydrogen-bond donors (Lipinski definition) is 1. The quantitative estimate of drug-likeness (QED) is 0.624. The van der Waals surface area contributed by atoms with Crippen molar-refractivity contribution in [2.24, 2.45) is 0 Å². The molecule has 3 rings (SSSR count). The van der Waals surface area contributed by atoms with Crippen LogP contribution in [-0.4, -0.2) is 23.9 Å². The molecule has 1 heterocycles. The molecule has 1 saturated heterocycles. The molecule has 0 aliphatic carbocycles. The van der Waals surface area contributed by atoms with Crippen molar-refractivity contribution in [3.05, 3.63) is 69.6 Å². The first-order valence-corrected chi connectivity index (χ1v) is 8.20. The van der Waals surface area contributed by atoms with Crippen LogP contribution in [0.1, 0.15) is 11.1 Å². The Hall–Kier alpha value is -2.67. The third-order valence-corrected chi connectivity index (χ3v) is 4.36. The molecule has 0 spiro atoms. The van der Waals surface area contributed by atoms with E-state index in [-0.39, 0.29) is 17.8 Å². The minimum Gasteiger partial charge on any atom is -0.496 e. The average molecular weight is 405 g/mol. The number of amides is 3. The first kappa shape index (κ1) is 17.2. The summed E-state index contributed by atoms with van der Waals surface area (Å²) in [5, 5.41) is 2.52. The number of halogens is 2. The summed E-state index contributed by atoms with van der Waals surface area (Å²) in [5.41, 5.74) is 1.13. The Morgan fingerprint density at radius 1 is 1.24 bits per heavy atom. The van der Waals surface area contributed by atoms with Gasteiger partial charge in [0.05, 0.1) is 18.1 Å². The standard InChI is InChI=1S/C18H14BrFN2O3/c1-25-16-7-6-11(8-13(16)19)9-15-17(23)22(18(24)21-15)10-12-4-2-3-5-14(12)20/h2-9H,10H2,1H3,(H,21,24)/b15-9-. The number of rotatable bonds is 4. The number of imide groups is 1. The van der Waals surface area contributed by atoms with E-state index in [1.165, 1.54) is 12.1 Å². The fourth-order valence-corrected chi connectivity index (χ4v) is 3.01. The maximum atomic E-state index is 13.8. The van der Waals surface area contributed by atoms with Gasteiger partial charge in [0, 0.05) is 5.56 Å². The van der Waals surface area contributed by atoms with E-state index in [2.05, 4.69) is 21.2 Å². The lowest BCUT2D eigenvalue weighted by Gasteiger charge is -2.12. The van der Waals surface area contributed by atoms with Crippen molar-refractivity contribution >= 4 is 33.9 Å². The minimum atomic E-state index is -0.577. The highest BCUT2D eigenvalue weighted by atomic mass is 79.9. The third kappa shape index (κ3) is 3.56. The molecule has 7 heteroatoms. The van der Waals surface area contributed by atoms with Gasteiger partial charge in [0.2, 0.25) is 0 Å². The van der Waals surface area contributed by atoms with E-state index in [0.29, 0.717) is 11.3 Å². The smallest absolute Gasteiger partial charge is 0.329 e. The van der Waals surface area contributed by atoms with Crippen molar-refractivity contribution in [1.29, 1.82) is 0 Å². The maximum Gasteiger partial charge on any atom is 0.329 e. The van der Waals surface area contributed by atoms with E-state index < -0.39 is 17.8 Å². The molecule has 0 saturated carbocycles. The van der Waals surface area contributed by atoms with E-state index in [0.717, 1.165) is 9.37 Å². The number of carbonyl (C=O) groups is 2. The summed E-state index contributed by atoms with van der Waals surface area (Å²) >= 11 is 3.37. The Bertz CT molecular complexity index is 882. The molecule has 0 unspecified atom stereocenters. The summed E-state index contributed by atoms with van der Waals surface area (Å²) in [6.45, 7) is -0.124. The molecule has 1 aliphatic heterocycles. The van der Waals surface area contributed by atoms with Gasteiger partial charge in [-0.15, -0.1) is 0 Å². The summed E-state index contributed by atoms with van der Waals surface area (Å²) in [6, 6.07) is 10.7. The first-order valence-electron chi connectivity index (χ1n) is 7.41. The summed E-state index contributed by atoms with van der Waals surface area (Å²) in [5.74, 6) is -0.301. The molecule has 1 N–H and O–H groups in total. The monoisotopic (exact) mass is 404 g/mol. The van der Waals surface area contributed by atoms with Crippen LogP contribution >= 0.6 is 15.9 Å². The fourth-order valence-electron chi connectivity index (χ4n) is 2.45. The maximum absolute atomic E-state index is 13.8. The fraction of sp³-hybridized carbons (Fsp3) is 0.111. The molecule has 1 aliphatic rings. The van der Waals surface area contributed by atoms with Gasteiger partial charge in [0.1, 0.15) is 17.3 Å². The Kier molecular flexibility index (Phi) is 4.85. The average Bonchev–Trinajstić information content (AvgIpc) is 2.84. The normalized spacial score (nSPS) is 15.6. The van der Waals surface area contributed by atoms with Gasteiger partial charge in [0.15, 0.2) is 0 Å². The van der Waals surface area contributed by atoms with Gasteiger partial charge in [0.25, 0.3) is 5.91 Å². The van der Waals surface area contributed by atoms with Gasteiger partial charge in [-0.2, -0.15) is 0 Å². The van der Waals surface area contributed by atoms with Gasteiger partial charge in [-0.3, -0.25) is 9.69 Å². The molecule has 2 aromatic rings. The van der Waals surface area contributed by atoms with Crippen LogP contribution in [0.25, 0.3) is 6.08 Å². The summed E-state index contributed by atoms with van der Waals surface area (Å²) in [7, 11) is 1.56. The molecule has 25 heavy (non-hydrogen) atoms. The van der Waals surface area contributed by atoms with Crippen molar-refractivity contribution in [1.82, 2.24) is 10.2 Å². The van der Waals surface area contributed by atoms with Crippen molar-refractivity contribution in [2.45, 2.75) is 6.54 Å². The molecule has 1 fully saturated rings. The molecule has 0 aromatic heterocycles. The number of hydrogen-bond acceptors (Lipinski definition) is 3. The largest absolute Gasteiger partial charge is 0.496 e. The summed E-state index contributed by atoms with van der Waals surface area (Å²) < 4.78 is 19.6. The van der Waals surface area contributed by atoms with Crippen molar-refractivity contribution in [3.8, 4) is 5.75 Å². The third-order valence-electron chi connectivity index (χ3n) is 3.74. The highest BCUT2D eigenvalue weighted by molar-refractivity contribution is 9.10. The van der Waals surface area contributed by atoms with E-state index >= 15 is 0 Å². The van der Waals surface area contributed by atoms with Crippen LogP contribution < -0.4 is 10.1 Å². The molecule has 128 valence electrons. The second-order valence-corrected chi connectivity index (χ2v) is 6.22. The van der Waals surface area contributed by atoms with Crippen LogP contribution in [-0.2, 0) is 11.3 Å². The second-order valence-electron chi connectivity index (χ2n) is 5.36. The predicted molar refractivity (Wildman–Crippen MR) is 94.2 cm³/mol. The van der Waals surface area contributed by atoms with E-state index in [1.54, 1.807) is 43.5 Å². The zero-order chi connectivity index (χ0) is 18.0. The van der Waals surface area contributed by atoms with Gasteiger partial charge in [-0.1, -0.05) is 24.3 Å². The number of urea groups is 1. The highest BCUT2D eigenvalue weighted by Crippen LogP contribution is 2.27. The number of nitrogens with zero attached hydrogens (tertiary/aromatic N) is 1. The topological polar surface area (TPSA) is 58.6 Å². The second kappa shape index (κ2) is 7.06. The Morgan fingerprint density at radius 2 is 2.00 bits per heavy atom. The number of nitrogens with one attached hydrogen (secondary N) is 1. The molecule has 3 amide bonds. The van der Waals surface area contributed by atoms with Crippen LogP contribution in [0.3, 0.4) is 0 Å². The Balaban J connectivity index is 1.83. The molecule has 0 bridgehead atoms. The van der Waals surface area contributed by atoms with E-state index in [9.17, 15) is 14.0 Å². The number of ether oxygens (including phenoxy) is 1. The van der Waals surface area contributed by atoms with Gasteiger partial charge < -0.3 is 10.1 Å². The summed E-state index contributed by atoms with van der Waals surface area (Å²) in [6.07, 6.45) is 1.56. The molecular weight excluding hydrogens is 391 g/mol.